The molecule has 1 aliphatic heterocycles. The quantitative estimate of drug-likeness (QED) is 0.689. The van der Waals surface area contributed by atoms with E-state index in [9.17, 15) is 0 Å². The highest BCUT2D eigenvalue weighted by molar-refractivity contribution is 7.13. The molecule has 1 aliphatic rings. The van der Waals surface area contributed by atoms with Gasteiger partial charge in [0.15, 0.2) is 11.5 Å². The van der Waals surface area contributed by atoms with Gasteiger partial charge in [-0.1, -0.05) is 12.1 Å². The Morgan fingerprint density at radius 3 is 2.93 bits per heavy atom. The first kappa shape index (κ1) is 18.9. The molecule has 1 aromatic carbocycles. The van der Waals surface area contributed by atoms with Crippen LogP contribution in [0.2, 0.25) is 0 Å². The third kappa shape index (κ3) is 3.87. The monoisotopic (exact) mass is 396 g/mol. The first-order valence-electron chi connectivity index (χ1n) is 9.30. The van der Waals surface area contributed by atoms with Crippen LogP contribution in [-0.4, -0.2) is 48.7 Å². The number of pyridine rings is 1. The van der Waals surface area contributed by atoms with Gasteiger partial charge in [-0.25, -0.2) is 4.98 Å². The molecule has 7 heteroatoms. The van der Waals surface area contributed by atoms with Crippen molar-refractivity contribution >= 4 is 11.3 Å². The summed E-state index contributed by atoms with van der Waals surface area (Å²) in [6, 6.07) is 10.3. The lowest BCUT2D eigenvalue weighted by Gasteiger charge is -2.35. The Balaban J connectivity index is 1.56. The van der Waals surface area contributed by atoms with Crippen molar-refractivity contribution in [2.75, 3.05) is 33.9 Å². The Morgan fingerprint density at radius 1 is 1.21 bits per heavy atom. The summed E-state index contributed by atoms with van der Waals surface area (Å²) in [4.78, 5) is 11.6. The summed E-state index contributed by atoms with van der Waals surface area (Å²) in [7, 11) is 3.31. The number of methoxy groups -OCH3 is 2. The molecule has 0 radical (unpaired) electrons. The van der Waals surface area contributed by atoms with Crippen LogP contribution in [0.4, 0.5) is 0 Å². The number of para-hydroxylation sites is 1. The lowest BCUT2D eigenvalue weighted by molar-refractivity contribution is 0.152. The number of benzene rings is 1. The molecule has 4 rings (SSSR count). The predicted molar refractivity (Wildman–Crippen MR) is 111 cm³/mol. The smallest absolute Gasteiger partial charge is 0.170 e. The number of aromatic nitrogens is 2. The van der Waals surface area contributed by atoms with Crippen molar-refractivity contribution in [1.82, 2.24) is 20.2 Å². The van der Waals surface area contributed by atoms with Crippen LogP contribution in [0.25, 0.3) is 10.6 Å². The van der Waals surface area contributed by atoms with E-state index in [4.69, 9.17) is 14.5 Å². The summed E-state index contributed by atoms with van der Waals surface area (Å²) in [6.07, 6.45) is 3.77. The Kier molecular flexibility index (Phi) is 5.85. The van der Waals surface area contributed by atoms with E-state index < -0.39 is 0 Å². The first-order chi connectivity index (χ1) is 13.8. The first-order valence-corrected chi connectivity index (χ1v) is 10.2. The van der Waals surface area contributed by atoms with Crippen molar-refractivity contribution in [2.45, 2.75) is 12.6 Å². The van der Waals surface area contributed by atoms with Crippen LogP contribution in [0.5, 0.6) is 11.5 Å². The molecule has 1 saturated heterocycles. The second kappa shape index (κ2) is 8.68. The summed E-state index contributed by atoms with van der Waals surface area (Å²) in [5.41, 5.74) is 3.27. The van der Waals surface area contributed by atoms with Crippen LogP contribution in [0.1, 0.15) is 17.3 Å². The fraction of sp³-hybridized carbons (Fsp3) is 0.333. The van der Waals surface area contributed by atoms with Crippen LogP contribution in [0.15, 0.2) is 48.1 Å². The standard InChI is InChI=1S/C21H24N4O2S/c1-26-19-7-3-6-17(20(19)27-2)21-24-16(14-28-21)13-25-10-9-23-12-18(25)15-5-4-8-22-11-15/h3-8,11,14,18,23H,9-10,12-13H2,1-2H3. The Hall–Kier alpha value is -2.48. The Labute approximate surface area is 169 Å². The Morgan fingerprint density at radius 2 is 2.14 bits per heavy atom. The van der Waals surface area contributed by atoms with Gasteiger partial charge in [0.25, 0.3) is 0 Å². The van der Waals surface area contributed by atoms with Gasteiger partial charge in [-0.3, -0.25) is 9.88 Å². The molecule has 0 spiro atoms. The van der Waals surface area contributed by atoms with E-state index in [2.05, 4.69) is 26.6 Å². The molecule has 0 bridgehead atoms. The number of piperazine rings is 1. The van der Waals surface area contributed by atoms with Gasteiger partial charge in [0.1, 0.15) is 5.01 Å². The molecular weight excluding hydrogens is 372 g/mol. The molecule has 3 aromatic rings. The second-order valence-corrected chi connectivity index (χ2v) is 7.52. The van der Waals surface area contributed by atoms with Crippen molar-refractivity contribution < 1.29 is 9.47 Å². The van der Waals surface area contributed by atoms with Crippen molar-refractivity contribution in [2.24, 2.45) is 0 Å². The zero-order valence-corrected chi connectivity index (χ0v) is 16.9. The Bertz CT molecular complexity index is 916. The zero-order chi connectivity index (χ0) is 19.3. The van der Waals surface area contributed by atoms with Crippen LogP contribution in [-0.2, 0) is 6.54 Å². The topological polar surface area (TPSA) is 59.5 Å². The molecule has 0 amide bonds. The minimum absolute atomic E-state index is 0.305. The van der Waals surface area contributed by atoms with Crippen LogP contribution >= 0.6 is 11.3 Å². The van der Waals surface area contributed by atoms with Gasteiger partial charge >= 0.3 is 0 Å². The molecule has 146 valence electrons. The number of ether oxygens (including phenoxy) is 2. The summed E-state index contributed by atoms with van der Waals surface area (Å²) in [6.45, 7) is 3.70. The third-order valence-electron chi connectivity index (χ3n) is 4.97. The number of hydrogen-bond acceptors (Lipinski definition) is 7. The van der Waals surface area contributed by atoms with E-state index in [0.717, 1.165) is 53.9 Å². The number of rotatable bonds is 6. The molecule has 6 nitrogen and oxygen atoms in total. The number of nitrogens with one attached hydrogen (secondary N) is 1. The van der Waals surface area contributed by atoms with Crippen molar-refractivity contribution in [3.05, 3.63) is 59.4 Å². The molecule has 28 heavy (non-hydrogen) atoms. The van der Waals surface area contributed by atoms with Gasteiger partial charge in [0, 0.05) is 50.0 Å². The van der Waals surface area contributed by atoms with Gasteiger partial charge in [0.2, 0.25) is 0 Å². The average molecular weight is 397 g/mol. The van der Waals surface area contributed by atoms with E-state index in [0.29, 0.717) is 6.04 Å². The fourth-order valence-corrected chi connectivity index (χ4v) is 4.44. The molecule has 0 saturated carbocycles. The van der Waals surface area contributed by atoms with Gasteiger partial charge in [-0.15, -0.1) is 11.3 Å². The highest BCUT2D eigenvalue weighted by Gasteiger charge is 2.25. The summed E-state index contributed by atoms with van der Waals surface area (Å²) < 4.78 is 11.0. The number of nitrogens with zero attached hydrogens (tertiary/aromatic N) is 3. The SMILES string of the molecule is COc1cccc(-c2nc(CN3CCNCC3c3cccnc3)cs2)c1OC. The maximum atomic E-state index is 5.57. The zero-order valence-electron chi connectivity index (χ0n) is 16.1. The molecule has 1 atom stereocenters. The van der Waals surface area contributed by atoms with Gasteiger partial charge in [-0.2, -0.15) is 0 Å². The molecule has 1 N–H and O–H groups in total. The van der Waals surface area contributed by atoms with Crippen LogP contribution in [0.3, 0.4) is 0 Å². The molecule has 3 heterocycles. The molecule has 0 aliphatic carbocycles. The van der Waals surface area contributed by atoms with E-state index in [1.54, 1.807) is 25.6 Å². The number of thiazole rings is 1. The predicted octanol–water partition coefficient (Wildman–Crippen LogP) is 3.37. The molecule has 1 fully saturated rings. The average Bonchev–Trinajstić information content (AvgIpc) is 3.22. The van der Waals surface area contributed by atoms with Crippen LogP contribution < -0.4 is 14.8 Å². The van der Waals surface area contributed by atoms with E-state index >= 15 is 0 Å². The lowest BCUT2D eigenvalue weighted by atomic mass is 10.1. The minimum atomic E-state index is 0.305. The van der Waals surface area contributed by atoms with Crippen molar-refractivity contribution in [3.63, 3.8) is 0 Å². The fourth-order valence-electron chi connectivity index (χ4n) is 3.60. The normalized spacial score (nSPS) is 17.4. The minimum Gasteiger partial charge on any atom is -0.493 e. The highest BCUT2D eigenvalue weighted by atomic mass is 32.1. The maximum Gasteiger partial charge on any atom is 0.170 e. The summed E-state index contributed by atoms with van der Waals surface area (Å²) in [5.74, 6) is 1.44. The van der Waals surface area contributed by atoms with Crippen molar-refractivity contribution in [3.8, 4) is 22.1 Å². The molecule has 2 aromatic heterocycles. The maximum absolute atomic E-state index is 5.57. The summed E-state index contributed by atoms with van der Waals surface area (Å²) in [5, 5.41) is 6.57. The number of hydrogen-bond donors (Lipinski definition) is 1. The largest absolute Gasteiger partial charge is 0.493 e. The van der Waals surface area contributed by atoms with Gasteiger partial charge in [-0.05, 0) is 23.8 Å². The van der Waals surface area contributed by atoms with E-state index in [1.165, 1.54) is 5.56 Å². The van der Waals surface area contributed by atoms with E-state index in [1.807, 2.05) is 36.7 Å². The highest BCUT2D eigenvalue weighted by Crippen LogP contribution is 2.39. The lowest BCUT2D eigenvalue weighted by Crippen LogP contribution is -2.45. The van der Waals surface area contributed by atoms with E-state index in [-0.39, 0.29) is 0 Å². The second-order valence-electron chi connectivity index (χ2n) is 6.66. The molecular formula is C21H24N4O2S. The third-order valence-corrected chi connectivity index (χ3v) is 5.90. The molecule has 1 unspecified atom stereocenters. The van der Waals surface area contributed by atoms with Crippen molar-refractivity contribution in [1.29, 1.82) is 0 Å². The summed E-state index contributed by atoms with van der Waals surface area (Å²) >= 11 is 1.64. The van der Waals surface area contributed by atoms with Gasteiger partial charge < -0.3 is 14.8 Å². The van der Waals surface area contributed by atoms with Crippen LogP contribution in [0, 0.1) is 0 Å². The van der Waals surface area contributed by atoms with Gasteiger partial charge in [0.05, 0.1) is 25.5 Å².